The van der Waals surface area contributed by atoms with Gasteiger partial charge in [0.2, 0.25) is 6.79 Å². The van der Waals surface area contributed by atoms with Crippen LogP contribution >= 0.6 is 11.6 Å². The van der Waals surface area contributed by atoms with Crippen LogP contribution in [0.1, 0.15) is 11.1 Å². The number of hydrogen-bond donors (Lipinski definition) is 1. The average Bonchev–Trinajstić information content (AvgIpc) is 3.13. The molecule has 2 aromatic rings. The Morgan fingerprint density at radius 1 is 1.14 bits per heavy atom. The van der Waals surface area contributed by atoms with Crippen LogP contribution in [0.2, 0.25) is 5.02 Å². The molecule has 29 heavy (non-hydrogen) atoms. The van der Waals surface area contributed by atoms with Crippen molar-refractivity contribution in [2.24, 2.45) is 0 Å². The largest absolute Gasteiger partial charge is 0.454 e. The molecule has 1 amide bonds. The minimum atomic E-state index is -4.71. The van der Waals surface area contributed by atoms with Crippen molar-refractivity contribution >= 4 is 35.2 Å². The predicted molar refractivity (Wildman–Crippen MR) is 97.6 cm³/mol. The molecule has 0 saturated heterocycles. The van der Waals surface area contributed by atoms with Crippen molar-refractivity contribution in [2.45, 2.75) is 6.18 Å². The Labute approximate surface area is 167 Å². The van der Waals surface area contributed by atoms with Gasteiger partial charge in [-0.25, -0.2) is 4.79 Å². The molecule has 10 heteroatoms. The second-order valence-corrected chi connectivity index (χ2v) is 6.23. The van der Waals surface area contributed by atoms with E-state index in [9.17, 15) is 22.8 Å². The Morgan fingerprint density at radius 2 is 1.90 bits per heavy atom. The van der Waals surface area contributed by atoms with Gasteiger partial charge in [0.05, 0.1) is 11.3 Å². The lowest BCUT2D eigenvalue weighted by Gasteiger charge is -2.14. The molecule has 1 N–H and O–H groups in total. The van der Waals surface area contributed by atoms with E-state index in [4.69, 9.17) is 25.8 Å². The van der Waals surface area contributed by atoms with Gasteiger partial charge in [-0.2, -0.15) is 13.2 Å². The summed E-state index contributed by atoms with van der Waals surface area (Å²) in [6, 6.07) is 7.92. The summed E-state index contributed by atoms with van der Waals surface area (Å²) in [6.45, 7) is -0.645. The van der Waals surface area contributed by atoms with Crippen LogP contribution in [-0.4, -0.2) is 25.3 Å². The summed E-state index contributed by atoms with van der Waals surface area (Å²) in [7, 11) is 0. The molecule has 3 rings (SSSR count). The molecular weight excluding hydrogens is 415 g/mol. The quantitative estimate of drug-likeness (QED) is 0.569. The first-order valence-electron chi connectivity index (χ1n) is 8.13. The molecule has 6 nitrogen and oxygen atoms in total. The Balaban J connectivity index is 1.55. The van der Waals surface area contributed by atoms with Crippen LogP contribution in [0.25, 0.3) is 6.08 Å². The number of carbonyl (C=O) groups is 2. The van der Waals surface area contributed by atoms with Gasteiger partial charge in [-0.3, -0.25) is 4.79 Å². The lowest BCUT2D eigenvalue weighted by molar-refractivity contribution is -0.142. The van der Waals surface area contributed by atoms with E-state index >= 15 is 0 Å². The summed E-state index contributed by atoms with van der Waals surface area (Å²) in [5, 5.41) is 1.92. The zero-order chi connectivity index (χ0) is 21.0. The minimum absolute atomic E-state index is 0.114. The Bertz CT molecular complexity index is 975. The molecule has 0 aromatic heterocycles. The molecule has 1 aliphatic heterocycles. The number of nitrogens with one attached hydrogen (secondary N) is 1. The maximum atomic E-state index is 13.0. The molecule has 2 aromatic carbocycles. The molecule has 1 aliphatic rings. The van der Waals surface area contributed by atoms with Gasteiger partial charge in [0, 0.05) is 11.1 Å². The van der Waals surface area contributed by atoms with E-state index in [0.717, 1.165) is 12.1 Å². The predicted octanol–water partition coefficient (Wildman–Crippen LogP) is 4.28. The third-order valence-corrected chi connectivity index (χ3v) is 3.95. The van der Waals surface area contributed by atoms with Crippen molar-refractivity contribution in [3.63, 3.8) is 0 Å². The van der Waals surface area contributed by atoms with Crippen LogP contribution in [0.15, 0.2) is 42.5 Å². The van der Waals surface area contributed by atoms with Gasteiger partial charge < -0.3 is 19.5 Å². The number of esters is 1. The second kappa shape index (κ2) is 8.44. The van der Waals surface area contributed by atoms with Crippen molar-refractivity contribution in [1.29, 1.82) is 0 Å². The van der Waals surface area contributed by atoms with Gasteiger partial charge in [-0.05, 0) is 42.0 Å². The van der Waals surface area contributed by atoms with E-state index in [-0.39, 0.29) is 11.8 Å². The van der Waals surface area contributed by atoms with E-state index in [1.807, 2.05) is 0 Å². The molecule has 0 spiro atoms. The van der Waals surface area contributed by atoms with E-state index in [1.54, 1.807) is 18.2 Å². The van der Waals surface area contributed by atoms with Crippen molar-refractivity contribution in [1.82, 2.24) is 0 Å². The monoisotopic (exact) mass is 427 g/mol. The smallest absolute Gasteiger partial charge is 0.418 e. The lowest BCUT2D eigenvalue weighted by atomic mass is 10.1. The van der Waals surface area contributed by atoms with Crippen molar-refractivity contribution in [3.05, 3.63) is 58.6 Å². The lowest BCUT2D eigenvalue weighted by Crippen LogP contribution is -2.22. The first-order valence-corrected chi connectivity index (χ1v) is 8.51. The number of fused-ring (bicyclic) bond motifs is 1. The van der Waals surface area contributed by atoms with Gasteiger partial charge in [-0.1, -0.05) is 17.7 Å². The van der Waals surface area contributed by atoms with Crippen molar-refractivity contribution < 1.29 is 37.0 Å². The van der Waals surface area contributed by atoms with Crippen molar-refractivity contribution in [2.75, 3.05) is 18.7 Å². The topological polar surface area (TPSA) is 73.9 Å². The molecule has 0 bridgehead atoms. The zero-order valence-electron chi connectivity index (χ0n) is 14.6. The highest BCUT2D eigenvalue weighted by molar-refractivity contribution is 6.30. The molecule has 0 fully saturated rings. The Hall–Kier alpha value is -3.20. The number of rotatable bonds is 5. The molecule has 0 unspecified atom stereocenters. The summed E-state index contributed by atoms with van der Waals surface area (Å²) < 4.78 is 54.2. The molecule has 1 heterocycles. The number of carbonyl (C=O) groups excluding carboxylic acids is 2. The number of alkyl halides is 3. The summed E-state index contributed by atoms with van der Waals surface area (Å²) in [5.74, 6) is -0.655. The molecular formula is C19H13ClF3NO5. The van der Waals surface area contributed by atoms with Crippen LogP contribution in [-0.2, 0) is 20.5 Å². The fourth-order valence-electron chi connectivity index (χ4n) is 2.41. The first kappa shape index (κ1) is 20.5. The van der Waals surface area contributed by atoms with Crippen LogP contribution in [0.3, 0.4) is 0 Å². The summed E-state index contributed by atoms with van der Waals surface area (Å²) in [4.78, 5) is 23.6. The number of anilines is 1. The fourth-order valence-corrected chi connectivity index (χ4v) is 2.58. The van der Waals surface area contributed by atoms with Gasteiger partial charge in [0.15, 0.2) is 18.1 Å². The second-order valence-electron chi connectivity index (χ2n) is 5.79. The van der Waals surface area contributed by atoms with Crippen LogP contribution < -0.4 is 14.8 Å². The van der Waals surface area contributed by atoms with Gasteiger partial charge in [-0.15, -0.1) is 0 Å². The summed E-state index contributed by atoms with van der Waals surface area (Å²) in [6.07, 6.45) is -2.20. The number of halogens is 4. The Morgan fingerprint density at radius 3 is 2.66 bits per heavy atom. The SMILES string of the molecule is O=C(COC(=O)/C=C/c1ccc2c(c1)OCO2)Nc1ccc(Cl)cc1C(F)(F)F. The highest BCUT2D eigenvalue weighted by atomic mass is 35.5. The zero-order valence-corrected chi connectivity index (χ0v) is 15.3. The van der Waals surface area contributed by atoms with E-state index in [1.165, 1.54) is 12.1 Å². The minimum Gasteiger partial charge on any atom is -0.454 e. The molecule has 0 aliphatic carbocycles. The molecule has 152 valence electrons. The number of amides is 1. The van der Waals surface area contributed by atoms with Crippen LogP contribution in [0.4, 0.5) is 18.9 Å². The highest BCUT2D eigenvalue weighted by Crippen LogP contribution is 2.36. The van der Waals surface area contributed by atoms with Crippen LogP contribution in [0.5, 0.6) is 11.5 Å². The maximum Gasteiger partial charge on any atom is 0.418 e. The van der Waals surface area contributed by atoms with Gasteiger partial charge in [0.1, 0.15) is 0 Å². The third-order valence-electron chi connectivity index (χ3n) is 3.72. The summed E-state index contributed by atoms with van der Waals surface area (Å²) in [5.41, 5.74) is -0.960. The van der Waals surface area contributed by atoms with E-state index in [2.05, 4.69) is 5.32 Å². The van der Waals surface area contributed by atoms with Gasteiger partial charge in [0.25, 0.3) is 5.91 Å². The third kappa shape index (κ3) is 5.41. The number of hydrogen-bond acceptors (Lipinski definition) is 5. The summed E-state index contributed by atoms with van der Waals surface area (Å²) >= 11 is 5.57. The van der Waals surface area contributed by atoms with E-state index < -0.39 is 35.9 Å². The average molecular weight is 428 g/mol. The normalized spacial score (nSPS) is 12.8. The number of ether oxygens (including phenoxy) is 3. The fraction of sp³-hybridized carbons (Fsp3) is 0.158. The van der Waals surface area contributed by atoms with Crippen LogP contribution in [0, 0.1) is 0 Å². The van der Waals surface area contributed by atoms with E-state index in [0.29, 0.717) is 23.1 Å². The highest BCUT2D eigenvalue weighted by Gasteiger charge is 2.34. The first-order chi connectivity index (χ1) is 13.7. The standard InChI is InChI=1S/C19H13ClF3NO5/c20-12-3-4-14(13(8-12)19(21,22)23)24-17(25)9-27-18(26)6-2-11-1-5-15-16(7-11)29-10-28-15/h1-8H,9-10H2,(H,24,25)/b6-2+. The van der Waals surface area contributed by atoms with Gasteiger partial charge >= 0.3 is 12.1 Å². The molecule has 0 radical (unpaired) electrons. The maximum absolute atomic E-state index is 13.0. The molecule has 0 saturated carbocycles. The van der Waals surface area contributed by atoms with Crippen molar-refractivity contribution in [3.8, 4) is 11.5 Å². The Kier molecular flexibility index (Phi) is 5.97. The molecule has 0 atom stereocenters. The number of benzene rings is 2.